The first-order valence-corrected chi connectivity index (χ1v) is 5.71. The Kier molecular flexibility index (Phi) is 3.65. The van der Waals surface area contributed by atoms with Crippen LogP contribution in [0.2, 0.25) is 0 Å². The first-order valence-electron chi connectivity index (χ1n) is 5.71. The van der Waals surface area contributed by atoms with Gasteiger partial charge in [0.2, 0.25) is 0 Å². The number of hydrogen-bond donors (Lipinski definition) is 3. The van der Waals surface area contributed by atoms with Crippen molar-refractivity contribution in [3.8, 4) is 5.75 Å². The van der Waals surface area contributed by atoms with Gasteiger partial charge < -0.3 is 15.8 Å². The summed E-state index contributed by atoms with van der Waals surface area (Å²) in [5, 5.41) is 9.22. The highest BCUT2D eigenvalue weighted by Crippen LogP contribution is 2.20. The van der Waals surface area contributed by atoms with Crippen LogP contribution in [0.1, 0.15) is 29.1 Å². The van der Waals surface area contributed by atoms with Crippen molar-refractivity contribution in [2.45, 2.75) is 13.0 Å². The van der Waals surface area contributed by atoms with Crippen LogP contribution in [0.5, 0.6) is 5.75 Å². The van der Waals surface area contributed by atoms with Crippen LogP contribution in [0.3, 0.4) is 0 Å². The number of rotatable bonds is 4. The number of ether oxygens (including phenoxy) is 1. The van der Waals surface area contributed by atoms with Gasteiger partial charge in [-0.05, 0) is 25.1 Å². The summed E-state index contributed by atoms with van der Waals surface area (Å²) in [6, 6.07) is 4.64. The van der Waals surface area contributed by atoms with E-state index in [4.69, 9.17) is 10.5 Å². The molecular formula is C12H15N5O2. The SMILES string of the molecule is COc1ccc(N)c(C(=O)NC(C)c2ncn[nH]2)c1. The fraction of sp³-hybridized carbons (Fsp3) is 0.250. The molecule has 1 aromatic carbocycles. The lowest BCUT2D eigenvalue weighted by Gasteiger charge is -2.13. The number of carbonyl (C=O) groups excluding carboxylic acids is 1. The fourth-order valence-corrected chi connectivity index (χ4v) is 1.63. The summed E-state index contributed by atoms with van der Waals surface area (Å²) >= 11 is 0. The number of hydrogen-bond acceptors (Lipinski definition) is 5. The molecule has 100 valence electrons. The lowest BCUT2D eigenvalue weighted by atomic mass is 10.1. The summed E-state index contributed by atoms with van der Waals surface area (Å²) in [5.74, 6) is 0.863. The van der Waals surface area contributed by atoms with E-state index in [1.54, 1.807) is 25.1 Å². The number of nitrogens with two attached hydrogens (primary N) is 1. The van der Waals surface area contributed by atoms with E-state index in [2.05, 4.69) is 20.5 Å². The van der Waals surface area contributed by atoms with E-state index >= 15 is 0 Å². The van der Waals surface area contributed by atoms with E-state index in [0.717, 1.165) is 0 Å². The maximum absolute atomic E-state index is 12.1. The van der Waals surface area contributed by atoms with Crippen LogP contribution in [0.25, 0.3) is 0 Å². The van der Waals surface area contributed by atoms with Crippen molar-refractivity contribution in [1.29, 1.82) is 0 Å². The van der Waals surface area contributed by atoms with Gasteiger partial charge in [-0.25, -0.2) is 4.98 Å². The average Bonchev–Trinajstić information content (AvgIpc) is 2.93. The second kappa shape index (κ2) is 5.38. The molecule has 0 radical (unpaired) electrons. The Labute approximate surface area is 110 Å². The lowest BCUT2D eigenvalue weighted by Crippen LogP contribution is -2.28. The zero-order valence-corrected chi connectivity index (χ0v) is 10.7. The molecule has 0 fully saturated rings. The second-order valence-corrected chi connectivity index (χ2v) is 4.02. The van der Waals surface area contributed by atoms with Crippen molar-refractivity contribution in [3.63, 3.8) is 0 Å². The maximum Gasteiger partial charge on any atom is 0.254 e. The van der Waals surface area contributed by atoms with E-state index in [0.29, 0.717) is 22.8 Å². The zero-order valence-electron chi connectivity index (χ0n) is 10.7. The van der Waals surface area contributed by atoms with Gasteiger partial charge in [-0.1, -0.05) is 0 Å². The topological polar surface area (TPSA) is 106 Å². The lowest BCUT2D eigenvalue weighted by molar-refractivity contribution is 0.0939. The van der Waals surface area contributed by atoms with Gasteiger partial charge >= 0.3 is 0 Å². The van der Waals surface area contributed by atoms with Gasteiger partial charge in [0.15, 0.2) is 0 Å². The molecule has 0 bridgehead atoms. The quantitative estimate of drug-likeness (QED) is 0.708. The van der Waals surface area contributed by atoms with E-state index < -0.39 is 0 Å². The van der Waals surface area contributed by atoms with Gasteiger partial charge in [-0.2, -0.15) is 5.10 Å². The van der Waals surface area contributed by atoms with Crippen molar-refractivity contribution >= 4 is 11.6 Å². The number of anilines is 1. The summed E-state index contributed by atoms with van der Waals surface area (Å²) in [5.41, 5.74) is 6.55. The minimum Gasteiger partial charge on any atom is -0.497 e. The van der Waals surface area contributed by atoms with E-state index in [9.17, 15) is 4.79 Å². The number of nitrogens with one attached hydrogen (secondary N) is 2. The van der Waals surface area contributed by atoms with Gasteiger partial charge in [0, 0.05) is 5.69 Å². The Morgan fingerprint density at radius 1 is 1.53 bits per heavy atom. The molecule has 19 heavy (non-hydrogen) atoms. The van der Waals surface area contributed by atoms with Crippen LogP contribution in [-0.2, 0) is 0 Å². The van der Waals surface area contributed by atoms with E-state index in [-0.39, 0.29) is 11.9 Å². The molecule has 0 saturated carbocycles. The molecule has 1 amide bonds. The molecule has 1 unspecified atom stereocenters. The Bertz CT molecular complexity index is 568. The number of carbonyl (C=O) groups is 1. The predicted octanol–water partition coefficient (Wildman–Crippen LogP) is 0.886. The van der Waals surface area contributed by atoms with E-state index in [1.807, 2.05) is 0 Å². The molecule has 0 aliphatic heterocycles. The largest absolute Gasteiger partial charge is 0.497 e. The molecule has 0 spiro atoms. The number of nitrogens with zero attached hydrogens (tertiary/aromatic N) is 2. The monoisotopic (exact) mass is 261 g/mol. The Morgan fingerprint density at radius 3 is 2.95 bits per heavy atom. The molecule has 1 atom stereocenters. The Hall–Kier alpha value is -2.57. The summed E-state index contributed by atoms with van der Waals surface area (Å²) in [4.78, 5) is 16.1. The zero-order chi connectivity index (χ0) is 13.8. The molecular weight excluding hydrogens is 246 g/mol. The van der Waals surface area contributed by atoms with Crippen LogP contribution < -0.4 is 15.8 Å². The highest BCUT2D eigenvalue weighted by Gasteiger charge is 2.16. The number of methoxy groups -OCH3 is 1. The molecule has 0 saturated heterocycles. The first-order chi connectivity index (χ1) is 9.11. The molecule has 0 aliphatic rings. The molecule has 7 nitrogen and oxygen atoms in total. The molecule has 2 aromatic rings. The molecule has 2 rings (SSSR count). The first kappa shape index (κ1) is 12.9. The van der Waals surface area contributed by atoms with Crippen LogP contribution in [0, 0.1) is 0 Å². The maximum atomic E-state index is 12.1. The van der Waals surface area contributed by atoms with Crippen LogP contribution in [0.15, 0.2) is 24.5 Å². The number of aromatic nitrogens is 3. The average molecular weight is 261 g/mol. The third-order valence-electron chi connectivity index (χ3n) is 2.70. The highest BCUT2D eigenvalue weighted by atomic mass is 16.5. The standard InChI is InChI=1S/C12H15N5O2/c1-7(11-14-6-15-17-11)16-12(18)9-5-8(19-2)3-4-10(9)13/h3-7H,13H2,1-2H3,(H,16,18)(H,14,15,17). The smallest absolute Gasteiger partial charge is 0.254 e. The highest BCUT2D eigenvalue weighted by molar-refractivity contribution is 5.99. The molecule has 1 heterocycles. The van der Waals surface area contributed by atoms with Crippen molar-refractivity contribution in [3.05, 3.63) is 35.9 Å². The number of aromatic amines is 1. The third-order valence-corrected chi connectivity index (χ3v) is 2.70. The van der Waals surface area contributed by atoms with E-state index in [1.165, 1.54) is 13.4 Å². The van der Waals surface area contributed by atoms with Gasteiger partial charge in [-0.15, -0.1) is 0 Å². The van der Waals surface area contributed by atoms with Crippen molar-refractivity contribution in [1.82, 2.24) is 20.5 Å². The molecule has 4 N–H and O–H groups in total. The van der Waals surface area contributed by atoms with Crippen molar-refractivity contribution in [2.75, 3.05) is 12.8 Å². The molecule has 7 heteroatoms. The Balaban J connectivity index is 2.16. The minimum absolute atomic E-state index is 0.291. The van der Waals surface area contributed by atoms with Crippen LogP contribution in [-0.4, -0.2) is 28.2 Å². The number of amides is 1. The van der Waals surface area contributed by atoms with Crippen LogP contribution in [0.4, 0.5) is 5.69 Å². The minimum atomic E-state index is -0.291. The molecule has 0 aliphatic carbocycles. The number of benzene rings is 1. The van der Waals surface area contributed by atoms with Crippen molar-refractivity contribution in [2.24, 2.45) is 0 Å². The summed E-state index contributed by atoms with van der Waals surface area (Å²) in [6.45, 7) is 1.80. The third kappa shape index (κ3) is 2.82. The van der Waals surface area contributed by atoms with Gasteiger partial charge in [0.25, 0.3) is 5.91 Å². The summed E-state index contributed by atoms with van der Waals surface area (Å²) in [6.07, 6.45) is 1.39. The van der Waals surface area contributed by atoms with Gasteiger partial charge in [0.05, 0.1) is 18.7 Å². The summed E-state index contributed by atoms with van der Waals surface area (Å²) < 4.78 is 5.07. The Morgan fingerprint density at radius 2 is 2.32 bits per heavy atom. The predicted molar refractivity (Wildman–Crippen MR) is 69.7 cm³/mol. The van der Waals surface area contributed by atoms with Gasteiger partial charge in [0.1, 0.15) is 17.9 Å². The fourth-order valence-electron chi connectivity index (χ4n) is 1.63. The number of H-pyrrole nitrogens is 1. The summed E-state index contributed by atoms with van der Waals surface area (Å²) in [7, 11) is 1.53. The number of nitrogen functional groups attached to an aromatic ring is 1. The van der Waals surface area contributed by atoms with Crippen molar-refractivity contribution < 1.29 is 9.53 Å². The molecule has 1 aromatic heterocycles. The normalized spacial score (nSPS) is 11.9. The second-order valence-electron chi connectivity index (χ2n) is 4.02. The van der Waals surface area contributed by atoms with Gasteiger partial charge in [-0.3, -0.25) is 9.89 Å². The van der Waals surface area contributed by atoms with Crippen LogP contribution >= 0.6 is 0 Å².